The van der Waals surface area contributed by atoms with Crippen LogP contribution >= 0.6 is 0 Å². The van der Waals surface area contributed by atoms with Gasteiger partial charge in [-0.05, 0) is 40.9 Å². The molecule has 0 aromatic heterocycles. The molecule has 154 valence electrons. The first-order chi connectivity index (χ1) is 14.9. The van der Waals surface area contributed by atoms with E-state index in [1.165, 1.54) is 0 Å². The molecule has 0 atom stereocenters. The lowest BCUT2D eigenvalue weighted by Gasteiger charge is -2.23. The molecular formula is C29H26O2. The van der Waals surface area contributed by atoms with Gasteiger partial charge in [0.1, 0.15) is 11.5 Å². The quantitative estimate of drug-likeness (QED) is 0.545. The zero-order valence-corrected chi connectivity index (χ0v) is 18.1. The lowest BCUT2D eigenvalue weighted by molar-refractivity contribution is -0.112. The lowest BCUT2D eigenvalue weighted by Crippen LogP contribution is -2.18. The topological polar surface area (TPSA) is 26.3 Å². The molecule has 0 N–H and O–H groups in total. The second-order valence-corrected chi connectivity index (χ2v) is 8.69. The number of ketones is 1. The van der Waals surface area contributed by atoms with Crippen LogP contribution in [0.2, 0.25) is 0 Å². The average Bonchev–Trinajstić information content (AvgIpc) is 2.79. The Kier molecular flexibility index (Phi) is 5.73. The van der Waals surface area contributed by atoms with Crippen LogP contribution in [0.4, 0.5) is 0 Å². The van der Waals surface area contributed by atoms with Crippen LogP contribution in [-0.4, -0.2) is 5.78 Å². The number of benzene rings is 2. The zero-order chi connectivity index (χ0) is 21.8. The summed E-state index contributed by atoms with van der Waals surface area (Å²) in [6.07, 6.45) is 13.7. The maximum atomic E-state index is 12.3. The highest BCUT2D eigenvalue weighted by Crippen LogP contribution is 2.33. The smallest absolute Gasteiger partial charge is 0.182 e. The van der Waals surface area contributed by atoms with Gasteiger partial charge >= 0.3 is 0 Å². The molecule has 0 radical (unpaired) electrons. The van der Waals surface area contributed by atoms with E-state index >= 15 is 0 Å². The second-order valence-electron chi connectivity index (χ2n) is 8.69. The SMILES string of the molecule is CC(C)(C)C1=CC(=CC=C2C=C(c3ccccc3)OC(c3ccccc3)=C2)C=CC1=O. The van der Waals surface area contributed by atoms with Gasteiger partial charge in [0.15, 0.2) is 5.78 Å². The van der Waals surface area contributed by atoms with E-state index in [1.54, 1.807) is 6.08 Å². The molecule has 31 heavy (non-hydrogen) atoms. The molecule has 1 aliphatic carbocycles. The van der Waals surface area contributed by atoms with Crippen molar-refractivity contribution in [1.82, 2.24) is 0 Å². The van der Waals surface area contributed by atoms with E-state index in [-0.39, 0.29) is 11.2 Å². The predicted octanol–water partition coefficient (Wildman–Crippen LogP) is 7.06. The van der Waals surface area contributed by atoms with E-state index in [4.69, 9.17) is 4.74 Å². The summed E-state index contributed by atoms with van der Waals surface area (Å²) in [4.78, 5) is 12.3. The van der Waals surface area contributed by atoms with Crippen molar-refractivity contribution < 1.29 is 9.53 Å². The Morgan fingerprint density at radius 1 is 0.677 bits per heavy atom. The van der Waals surface area contributed by atoms with Gasteiger partial charge in [-0.1, -0.05) is 99.7 Å². The van der Waals surface area contributed by atoms with Crippen molar-refractivity contribution in [1.29, 1.82) is 0 Å². The number of carbonyl (C=O) groups is 1. The molecule has 0 bridgehead atoms. The summed E-state index contributed by atoms with van der Waals surface area (Å²) in [5.74, 6) is 1.71. The van der Waals surface area contributed by atoms with Crippen LogP contribution in [0.1, 0.15) is 31.9 Å². The molecule has 2 nitrogen and oxygen atoms in total. The van der Waals surface area contributed by atoms with Gasteiger partial charge in [0.2, 0.25) is 0 Å². The van der Waals surface area contributed by atoms with Crippen LogP contribution in [-0.2, 0) is 9.53 Å². The van der Waals surface area contributed by atoms with Crippen molar-refractivity contribution in [3.05, 3.63) is 131 Å². The first kappa shape index (κ1) is 20.6. The molecule has 2 heteroatoms. The van der Waals surface area contributed by atoms with E-state index in [9.17, 15) is 4.79 Å². The molecular weight excluding hydrogens is 380 g/mol. The fourth-order valence-electron chi connectivity index (χ4n) is 3.54. The van der Waals surface area contributed by atoms with Crippen molar-refractivity contribution in [3.63, 3.8) is 0 Å². The van der Waals surface area contributed by atoms with Gasteiger partial charge in [0.05, 0.1) is 0 Å². The van der Waals surface area contributed by atoms with Crippen LogP contribution in [0.15, 0.2) is 120 Å². The maximum Gasteiger partial charge on any atom is 0.182 e. The van der Waals surface area contributed by atoms with Gasteiger partial charge in [-0.3, -0.25) is 4.79 Å². The van der Waals surface area contributed by atoms with E-state index in [0.717, 1.165) is 39.4 Å². The van der Waals surface area contributed by atoms with Crippen LogP contribution in [0.5, 0.6) is 0 Å². The van der Waals surface area contributed by atoms with Gasteiger partial charge in [-0.15, -0.1) is 0 Å². The maximum absolute atomic E-state index is 12.3. The largest absolute Gasteiger partial charge is 0.456 e. The fourth-order valence-corrected chi connectivity index (χ4v) is 3.54. The Morgan fingerprint density at radius 2 is 1.19 bits per heavy atom. The monoisotopic (exact) mass is 406 g/mol. The highest BCUT2D eigenvalue weighted by Gasteiger charge is 2.24. The second kappa shape index (κ2) is 8.61. The molecule has 0 spiro atoms. The van der Waals surface area contributed by atoms with Crippen molar-refractivity contribution in [2.24, 2.45) is 5.41 Å². The van der Waals surface area contributed by atoms with Crippen molar-refractivity contribution in [2.75, 3.05) is 0 Å². The molecule has 2 aromatic rings. The Morgan fingerprint density at radius 3 is 1.71 bits per heavy atom. The van der Waals surface area contributed by atoms with E-state index < -0.39 is 0 Å². The fraction of sp³-hybridized carbons (Fsp3) is 0.138. The van der Waals surface area contributed by atoms with Crippen molar-refractivity contribution >= 4 is 17.3 Å². The Hall–Kier alpha value is -3.65. The van der Waals surface area contributed by atoms with Crippen LogP contribution < -0.4 is 0 Å². The summed E-state index contributed by atoms with van der Waals surface area (Å²) in [5.41, 5.74) is 4.74. The minimum atomic E-state index is -0.187. The summed E-state index contributed by atoms with van der Waals surface area (Å²) in [7, 11) is 0. The highest BCUT2D eigenvalue weighted by atomic mass is 16.5. The van der Waals surface area contributed by atoms with E-state index in [2.05, 4.69) is 26.8 Å². The summed E-state index contributed by atoms with van der Waals surface area (Å²) in [6.45, 7) is 6.19. The molecule has 0 saturated carbocycles. The zero-order valence-electron chi connectivity index (χ0n) is 18.1. The molecule has 0 saturated heterocycles. The van der Waals surface area contributed by atoms with E-state index in [1.807, 2.05) is 91.0 Å². The van der Waals surface area contributed by atoms with Crippen LogP contribution in [0.3, 0.4) is 0 Å². The lowest BCUT2D eigenvalue weighted by atomic mass is 9.80. The summed E-state index contributed by atoms with van der Waals surface area (Å²) < 4.78 is 6.25. The third-order valence-electron chi connectivity index (χ3n) is 5.21. The average molecular weight is 407 g/mol. The van der Waals surface area contributed by atoms with Gasteiger partial charge in [0.25, 0.3) is 0 Å². The molecule has 1 aliphatic heterocycles. The first-order valence-electron chi connectivity index (χ1n) is 10.5. The van der Waals surface area contributed by atoms with Gasteiger partial charge in [-0.2, -0.15) is 0 Å². The Bertz CT molecular complexity index is 1100. The number of carbonyl (C=O) groups excluding carboxylic acids is 1. The Labute approximate surface area is 184 Å². The summed E-state index contributed by atoms with van der Waals surface area (Å²) in [6, 6.07) is 20.2. The molecule has 2 aromatic carbocycles. The molecule has 0 amide bonds. The normalized spacial score (nSPS) is 17.6. The first-order valence-corrected chi connectivity index (χ1v) is 10.5. The number of allylic oxidation sites excluding steroid dienone is 10. The number of hydrogen-bond acceptors (Lipinski definition) is 2. The van der Waals surface area contributed by atoms with E-state index in [0.29, 0.717) is 0 Å². The van der Waals surface area contributed by atoms with Crippen LogP contribution in [0.25, 0.3) is 11.5 Å². The number of hydrogen-bond donors (Lipinski definition) is 0. The summed E-state index contributed by atoms with van der Waals surface area (Å²) in [5, 5.41) is 0. The molecule has 4 rings (SSSR count). The number of ether oxygens (including phenoxy) is 1. The molecule has 0 unspecified atom stereocenters. The molecule has 1 heterocycles. The molecule has 2 aliphatic rings. The van der Waals surface area contributed by atoms with Crippen LogP contribution in [0, 0.1) is 5.41 Å². The third kappa shape index (κ3) is 4.92. The van der Waals surface area contributed by atoms with Crippen molar-refractivity contribution in [3.8, 4) is 0 Å². The predicted molar refractivity (Wildman–Crippen MR) is 128 cm³/mol. The third-order valence-corrected chi connectivity index (χ3v) is 5.21. The van der Waals surface area contributed by atoms with Crippen molar-refractivity contribution in [2.45, 2.75) is 20.8 Å². The molecule has 0 fully saturated rings. The number of rotatable bonds is 3. The Balaban J connectivity index is 1.73. The van der Waals surface area contributed by atoms with Gasteiger partial charge in [-0.25, -0.2) is 0 Å². The summed E-state index contributed by atoms with van der Waals surface area (Å²) >= 11 is 0. The minimum Gasteiger partial charge on any atom is -0.456 e. The standard InChI is InChI=1S/C29H26O2/c1-29(2,3)25-18-21(16-17-26(25)30)14-15-22-19-27(23-10-6-4-7-11-23)31-28(20-22)24-12-8-5-9-13-24/h4-20H,1-3H3. The minimum absolute atomic E-state index is 0.0842. The van der Waals surface area contributed by atoms with Gasteiger partial charge < -0.3 is 4.74 Å². The highest BCUT2D eigenvalue weighted by molar-refractivity contribution is 6.07. The van der Waals surface area contributed by atoms with Gasteiger partial charge in [0, 0.05) is 16.7 Å².